The van der Waals surface area contributed by atoms with E-state index in [1.54, 1.807) is 4.68 Å². The lowest BCUT2D eigenvalue weighted by molar-refractivity contribution is -0.112. The zero-order valence-electron chi connectivity index (χ0n) is 29.5. The fourth-order valence-electron chi connectivity index (χ4n) is 6.60. The molecule has 2 fully saturated rings. The van der Waals surface area contributed by atoms with E-state index in [-0.39, 0.29) is 5.91 Å². The van der Waals surface area contributed by atoms with Crippen LogP contribution in [0.3, 0.4) is 0 Å². The molecular formula is C39H49N7O4. The van der Waals surface area contributed by atoms with Gasteiger partial charge in [0.1, 0.15) is 5.75 Å². The zero-order valence-corrected chi connectivity index (χ0v) is 29.5. The highest BCUT2D eigenvalue weighted by Crippen LogP contribution is 2.36. The van der Waals surface area contributed by atoms with Gasteiger partial charge in [-0.2, -0.15) is 0 Å². The summed E-state index contributed by atoms with van der Waals surface area (Å²) in [7, 11) is 4.01. The molecule has 7 rings (SSSR count). The molecular weight excluding hydrogens is 630 g/mol. The number of aromatic nitrogens is 4. The molecule has 4 aromatic rings. The van der Waals surface area contributed by atoms with E-state index in [0.29, 0.717) is 37.7 Å². The summed E-state index contributed by atoms with van der Waals surface area (Å²) in [6.07, 6.45) is 7.28. The van der Waals surface area contributed by atoms with Gasteiger partial charge in [0.05, 0.1) is 13.2 Å². The topological polar surface area (TPSA) is 107 Å². The fourth-order valence-corrected chi connectivity index (χ4v) is 6.60. The van der Waals surface area contributed by atoms with Crippen LogP contribution >= 0.6 is 0 Å². The van der Waals surface area contributed by atoms with Crippen LogP contribution in [0.15, 0.2) is 72.3 Å². The monoisotopic (exact) mass is 679 g/mol. The van der Waals surface area contributed by atoms with Gasteiger partial charge in [-0.15, -0.1) is 5.10 Å². The van der Waals surface area contributed by atoms with Crippen LogP contribution in [0.4, 0.5) is 11.4 Å². The van der Waals surface area contributed by atoms with Crippen molar-refractivity contribution in [1.29, 1.82) is 0 Å². The molecule has 4 heterocycles. The lowest BCUT2D eigenvalue weighted by atomic mass is 9.99. The van der Waals surface area contributed by atoms with E-state index in [2.05, 4.69) is 74.1 Å². The number of nitrogens with one attached hydrogen (secondary N) is 1. The molecule has 0 unspecified atom stereocenters. The number of para-hydroxylation sites is 1. The quantitative estimate of drug-likeness (QED) is 0.212. The molecule has 3 aliphatic heterocycles. The molecule has 0 aliphatic carbocycles. The number of aryl methyl sites for hydroxylation is 1. The van der Waals surface area contributed by atoms with Crippen LogP contribution in [0.2, 0.25) is 0 Å². The molecule has 11 nitrogen and oxygen atoms in total. The highest BCUT2D eigenvalue weighted by molar-refractivity contribution is 6.07. The fraction of sp³-hybridized carbons (Fsp3) is 0.436. The molecule has 264 valence electrons. The van der Waals surface area contributed by atoms with Gasteiger partial charge < -0.3 is 24.4 Å². The van der Waals surface area contributed by atoms with Crippen molar-refractivity contribution in [2.75, 3.05) is 56.8 Å². The molecule has 50 heavy (non-hydrogen) atoms. The third-order valence-electron chi connectivity index (χ3n) is 9.46. The first-order chi connectivity index (χ1) is 24.5. The Balaban J connectivity index is 0.000000794. The minimum Gasteiger partial charge on any atom is -0.493 e. The first-order valence-corrected chi connectivity index (χ1v) is 17.8. The van der Waals surface area contributed by atoms with Crippen molar-refractivity contribution in [2.24, 2.45) is 7.05 Å². The lowest BCUT2D eigenvalue weighted by Gasteiger charge is -2.31. The van der Waals surface area contributed by atoms with Crippen LogP contribution in [0.25, 0.3) is 17.2 Å². The molecule has 1 N–H and O–H groups in total. The van der Waals surface area contributed by atoms with E-state index in [9.17, 15) is 4.79 Å². The summed E-state index contributed by atoms with van der Waals surface area (Å²) in [4.78, 5) is 18.3. The Morgan fingerprint density at radius 1 is 1.00 bits per heavy atom. The van der Waals surface area contributed by atoms with Crippen molar-refractivity contribution in [1.82, 2.24) is 25.1 Å². The van der Waals surface area contributed by atoms with Crippen molar-refractivity contribution in [3.8, 4) is 16.9 Å². The number of nitrogens with zero attached hydrogens (tertiary/aromatic N) is 6. The smallest absolute Gasteiger partial charge is 0.251 e. The van der Waals surface area contributed by atoms with Crippen molar-refractivity contribution in [3.05, 3.63) is 89.3 Å². The Morgan fingerprint density at radius 3 is 2.46 bits per heavy atom. The van der Waals surface area contributed by atoms with Crippen LogP contribution in [-0.4, -0.2) is 83.7 Å². The van der Waals surface area contributed by atoms with Gasteiger partial charge in [-0.1, -0.05) is 36.4 Å². The Kier molecular flexibility index (Phi) is 12.3. The van der Waals surface area contributed by atoms with E-state index in [0.717, 1.165) is 85.5 Å². The number of rotatable bonds is 10. The van der Waals surface area contributed by atoms with Gasteiger partial charge in [0, 0.05) is 75.1 Å². The maximum absolute atomic E-state index is 13.7. The third kappa shape index (κ3) is 9.15. The second kappa shape index (κ2) is 17.4. The third-order valence-corrected chi connectivity index (χ3v) is 9.46. The van der Waals surface area contributed by atoms with Gasteiger partial charge >= 0.3 is 0 Å². The predicted molar refractivity (Wildman–Crippen MR) is 196 cm³/mol. The molecule has 11 heteroatoms. The number of tetrazole rings is 1. The lowest BCUT2D eigenvalue weighted by Crippen LogP contribution is -2.36. The van der Waals surface area contributed by atoms with Gasteiger partial charge in [-0.25, -0.2) is 4.68 Å². The Morgan fingerprint density at radius 2 is 1.76 bits per heavy atom. The molecule has 0 atom stereocenters. The minimum absolute atomic E-state index is 0.102. The van der Waals surface area contributed by atoms with E-state index in [1.165, 1.54) is 18.4 Å². The number of hydrogen-bond acceptors (Lipinski definition) is 9. The van der Waals surface area contributed by atoms with Crippen LogP contribution < -0.4 is 15.0 Å². The molecule has 1 amide bonds. The largest absolute Gasteiger partial charge is 0.493 e. The van der Waals surface area contributed by atoms with Crippen LogP contribution in [0, 0.1) is 0 Å². The average Bonchev–Trinajstić information content (AvgIpc) is 3.83. The normalized spacial score (nSPS) is 16.2. The second-order valence-electron chi connectivity index (χ2n) is 13.0. The van der Waals surface area contributed by atoms with Gasteiger partial charge in [0.2, 0.25) is 0 Å². The van der Waals surface area contributed by atoms with Crippen LogP contribution in [-0.2, 0) is 34.4 Å². The van der Waals surface area contributed by atoms with Gasteiger partial charge in [0.15, 0.2) is 5.82 Å². The van der Waals surface area contributed by atoms with E-state index < -0.39 is 0 Å². The van der Waals surface area contributed by atoms with Crippen molar-refractivity contribution in [2.45, 2.75) is 58.2 Å². The number of amides is 1. The number of carbonyl (C=O) groups excluding carboxylic acids is 1. The Labute approximate surface area is 295 Å². The summed E-state index contributed by atoms with van der Waals surface area (Å²) in [6.45, 7) is 8.27. The number of ether oxygens (including phenoxy) is 3. The molecule has 0 bridgehead atoms. The standard InChI is InChI=1S/C35H41N7O3.C4H8O/c1-4-45-33-8-6-5-7-31(33)26-11-14-32-28(21-26)22-27(15-18-42(32)24-34-37-38-39-41(34)3)35(43)36-29-12-9-25(10-13-29)23-40(2)30-16-19-44-20-17-30;1-2-4-5-3-1/h5-14,21-22,30H,4,15-20,23-24H2,1-3H3,(H,36,43);1-4H2. The highest BCUT2D eigenvalue weighted by atomic mass is 16.5. The summed E-state index contributed by atoms with van der Waals surface area (Å²) < 4.78 is 18.1. The average molecular weight is 680 g/mol. The number of carbonyl (C=O) groups is 1. The SMILES string of the molecule is C1CCOC1.CCOc1ccccc1-c1ccc2c(c1)C=C(C(=O)Nc1ccc(CN(C)C3CCOCC3)cc1)CCN2Cc1nnnn1C. The predicted octanol–water partition coefficient (Wildman–Crippen LogP) is 6.12. The maximum Gasteiger partial charge on any atom is 0.251 e. The van der Waals surface area contributed by atoms with Crippen molar-refractivity contribution < 1.29 is 19.0 Å². The summed E-state index contributed by atoms with van der Waals surface area (Å²) in [6, 6.07) is 23.1. The molecule has 0 saturated carbocycles. The molecule has 0 spiro atoms. The Hall–Kier alpha value is -4.58. The second-order valence-corrected chi connectivity index (χ2v) is 13.0. The van der Waals surface area contributed by atoms with Gasteiger partial charge in [0.25, 0.3) is 5.91 Å². The van der Waals surface area contributed by atoms with Crippen molar-refractivity contribution in [3.63, 3.8) is 0 Å². The molecule has 3 aliphatic rings. The van der Waals surface area contributed by atoms with E-state index in [1.807, 2.05) is 50.4 Å². The van der Waals surface area contributed by atoms with E-state index in [4.69, 9.17) is 14.2 Å². The zero-order chi connectivity index (χ0) is 34.7. The number of benzene rings is 3. The summed E-state index contributed by atoms with van der Waals surface area (Å²) in [5.41, 5.74) is 6.74. The van der Waals surface area contributed by atoms with E-state index >= 15 is 0 Å². The van der Waals surface area contributed by atoms with Crippen molar-refractivity contribution >= 4 is 23.4 Å². The highest BCUT2D eigenvalue weighted by Gasteiger charge is 2.23. The molecule has 2 saturated heterocycles. The van der Waals surface area contributed by atoms with Crippen LogP contribution in [0.5, 0.6) is 5.75 Å². The first kappa shape index (κ1) is 35.3. The van der Waals surface area contributed by atoms with Gasteiger partial charge in [-0.05, 0) is 110 Å². The number of anilines is 2. The summed E-state index contributed by atoms with van der Waals surface area (Å²) in [5, 5.41) is 15.2. The van der Waals surface area contributed by atoms with Gasteiger partial charge in [-0.3, -0.25) is 9.69 Å². The maximum atomic E-state index is 13.7. The molecule has 1 aromatic heterocycles. The van der Waals surface area contributed by atoms with Crippen LogP contribution in [0.1, 0.15) is 56.0 Å². The first-order valence-electron chi connectivity index (χ1n) is 17.8. The molecule has 3 aromatic carbocycles. The minimum atomic E-state index is -0.102. The number of fused-ring (bicyclic) bond motifs is 1. The molecule has 0 radical (unpaired) electrons. The summed E-state index contributed by atoms with van der Waals surface area (Å²) in [5.74, 6) is 1.48. The Bertz CT molecular complexity index is 1720. The summed E-state index contributed by atoms with van der Waals surface area (Å²) >= 11 is 0. The number of hydrogen-bond donors (Lipinski definition) is 1.